The Hall–Kier alpha value is -0.860. The molecular formula is C11H17N2+. The standard InChI is InChI=1S/C11H16N2/c12-11-5-3-10(4-6-11)9-13-7-1-2-8-13/h3-6H,1-2,7-9,12H2/p+1. The van der Waals surface area contributed by atoms with Crippen molar-refractivity contribution in [1.29, 1.82) is 0 Å². The fourth-order valence-corrected chi connectivity index (χ4v) is 1.84. The molecule has 1 heterocycles. The molecular weight excluding hydrogens is 160 g/mol. The number of benzene rings is 1. The van der Waals surface area contributed by atoms with E-state index in [9.17, 15) is 0 Å². The van der Waals surface area contributed by atoms with Crippen LogP contribution in [0.25, 0.3) is 0 Å². The van der Waals surface area contributed by atoms with E-state index in [-0.39, 0.29) is 0 Å². The van der Waals surface area contributed by atoms with Crippen molar-refractivity contribution in [1.82, 2.24) is 4.90 Å². The Morgan fingerprint density at radius 2 is 1.69 bits per heavy atom. The van der Waals surface area contributed by atoms with Crippen molar-refractivity contribution < 1.29 is 5.73 Å². The van der Waals surface area contributed by atoms with Gasteiger partial charge in [-0.15, -0.1) is 0 Å². The zero-order valence-electron chi connectivity index (χ0n) is 8.00. The van der Waals surface area contributed by atoms with E-state index in [0.717, 1.165) is 12.2 Å². The molecule has 1 aliphatic rings. The highest BCUT2D eigenvalue weighted by atomic mass is 15.1. The molecule has 0 saturated carbocycles. The first-order chi connectivity index (χ1) is 6.34. The predicted molar refractivity (Wildman–Crippen MR) is 53.5 cm³/mol. The Labute approximate surface area is 79.4 Å². The van der Waals surface area contributed by atoms with E-state index in [1.54, 1.807) is 0 Å². The largest absolute Gasteiger partial charge is 0.325 e. The molecule has 0 amide bonds. The first-order valence-corrected chi connectivity index (χ1v) is 4.98. The molecule has 13 heavy (non-hydrogen) atoms. The minimum atomic E-state index is 1.10. The van der Waals surface area contributed by atoms with Gasteiger partial charge < -0.3 is 5.73 Å². The Bertz CT molecular complexity index is 260. The summed E-state index contributed by atoms with van der Waals surface area (Å²) in [4.78, 5) is 2.51. The molecule has 0 bridgehead atoms. The van der Waals surface area contributed by atoms with Crippen LogP contribution in [0.1, 0.15) is 18.4 Å². The number of hydrogen-bond donors (Lipinski definition) is 1. The normalized spacial score (nSPS) is 17.9. The van der Waals surface area contributed by atoms with Crippen molar-refractivity contribution in [3.63, 3.8) is 0 Å². The van der Waals surface area contributed by atoms with E-state index in [2.05, 4.69) is 34.9 Å². The molecule has 1 aromatic carbocycles. The molecule has 0 aliphatic carbocycles. The van der Waals surface area contributed by atoms with E-state index in [1.165, 1.54) is 31.5 Å². The molecule has 0 radical (unpaired) electrons. The molecule has 0 spiro atoms. The zero-order valence-corrected chi connectivity index (χ0v) is 8.00. The molecule has 1 fully saturated rings. The van der Waals surface area contributed by atoms with E-state index < -0.39 is 0 Å². The minimum absolute atomic E-state index is 1.10. The molecule has 2 rings (SSSR count). The lowest BCUT2D eigenvalue weighted by atomic mass is 10.2. The molecule has 0 atom stereocenters. The van der Waals surface area contributed by atoms with Crippen LogP contribution in [0, 0.1) is 0 Å². The highest BCUT2D eigenvalue weighted by Crippen LogP contribution is 2.13. The lowest BCUT2D eigenvalue weighted by Gasteiger charge is -2.13. The fourth-order valence-electron chi connectivity index (χ4n) is 1.84. The van der Waals surface area contributed by atoms with Gasteiger partial charge in [-0.2, -0.15) is 0 Å². The van der Waals surface area contributed by atoms with Crippen molar-refractivity contribution in [3.8, 4) is 0 Å². The van der Waals surface area contributed by atoms with Gasteiger partial charge >= 0.3 is 0 Å². The number of likely N-dealkylation sites (tertiary alicyclic amines) is 1. The van der Waals surface area contributed by atoms with Gasteiger partial charge in [0.05, 0.1) is 0 Å². The smallest absolute Gasteiger partial charge is 0.127 e. The lowest BCUT2D eigenvalue weighted by Crippen LogP contribution is -2.39. The van der Waals surface area contributed by atoms with Crippen LogP contribution < -0.4 is 5.73 Å². The summed E-state index contributed by atoms with van der Waals surface area (Å²) in [7, 11) is 0. The molecule has 0 unspecified atom stereocenters. The number of quaternary nitrogens is 1. The van der Waals surface area contributed by atoms with Crippen LogP contribution >= 0.6 is 0 Å². The highest BCUT2D eigenvalue weighted by Gasteiger charge is 2.11. The summed E-state index contributed by atoms with van der Waals surface area (Å²) < 4.78 is 0. The van der Waals surface area contributed by atoms with E-state index in [0.29, 0.717) is 0 Å². The SMILES string of the molecule is [NH3+]c1ccc(CN2CCCC2)cc1. The van der Waals surface area contributed by atoms with Crippen LogP contribution in [-0.2, 0) is 6.54 Å². The summed E-state index contributed by atoms with van der Waals surface area (Å²) in [5.74, 6) is 0. The van der Waals surface area contributed by atoms with Crippen LogP contribution in [0.4, 0.5) is 5.69 Å². The molecule has 1 saturated heterocycles. The van der Waals surface area contributed by atoms with Gasteiger partial charge in [0.2, 0.25) is 0 Å². The summed E-state index contributed by atoms with van der Waals surface area (Å²) in [6.07, 6.45) is 2.74. The molecule has 1 aliphatic heterocycles. The monoisotopic (exact) mass is 177 g/mol. The number of rotatable bonds is 2. The van der Waals surface area contributed by atoms with Crippen LogP contribution in [0.3, 0.4) is 0 Å². The van der Waals surface area contributed by atoms with Gasteiger partial charge in [-0.1, -0.05) is 12.1 Å². The molecule has 2 nitrogen and oxygen atoms in total. The van der Waals surface area contributed by atoms with E-state index >= 15 is 0 Å². The average molecular weight is 177 g/mol. The zero-order chi connectivity index (χ0) is 9.10. The van der Waals surface area contributed by atoms with Gasteiger partial charge in [0.1, 0.15) is 5.69 Å². The van der Waals surface area contributed by atoms with Crippen molar-refractivity contribution in [2.45, 2.75) is 19.4 Å². The van der Waals surface area contributed by atoms with Crippen molar-refractivity contribution >= 4 is 5.69 Å². The van der Waals surface area contributed by atoms with Crippen LogP contribution in [0.5, 0.6) is 0 Å². The van der Waals surface area contributed by atoms with Gasteiger partial charge in [0.25, 0.3) is 0 Å². The Kier molecular flexibility index (Phi) is 2.62. The van der Waals surface area contributed by atoms with Gasteiger partial charge in [0, 0.05) is 6.54 Å². The van der Waals surface area contributed by atoms with Gasteiger partial charge in [-0.05, 0) is 43.6 Å². The van der Waals surface area contributed by atoms with Gasteiger partial charge in [-0.25, -0.2) is 0 Å². The number of hydrogen-bond acceptors (Lipinski definition) is 1. The van der Waals surface area contributed by atoms with Gasteiger partial charge in [-0.3, -0.25) is 4.90 Å². The van der Waals surface area contributed by atoms with Crippen molar-refractivity contribution in [2.24, 2.45) is 0 Å². The van der Waals surface area contributed by atoms with E-state index in [1.807, 2.05) is 0 Å². The molecule has 3 N–H and O–H groups in total. The average Bonchev–Trinajstić information content (AvgIpc) is 2.62. The van der Waals surface area contributed by atoms with Crippen molar-refractivity contribution in [2.75, 3.05) is 13.1 Å². The first kappa shape index (κ1) is 8.73. The summed E-state index contributed by atoms with van der Waals surface area (Å²) in [5, 5.41) is 0. The summed E-state index contributed by atoms with van der Waals surface area (Å²) >= 11 is 0. The molecule has 70 valence electrons. The fraction of sp³-hybridized carbons (Fsp3) is 0.455. The third-order valence-electron chi connectivity index (χ3n) is 2.63. The maximum atomic E-state index is 3.88. The first-order valence-electron chi connectivity index (χ1n) is 4.98. The quantitative estimate of drug-likeness (QED) is 0.722. The van der Waals surface area contributed by atoms with Crippen LogP contribution in [0.15, 0.2) is 24.3 Å². The maximum Gasteiger partial charge on any atom is 0.127 e. The minimum Gasteiger partial charge on any atom is -0.325 e. The molecule has 1 aromatic rings. The Morgan fingerprint density at radius 1 is 1.08 bits per heavy atom. The second kappa shape index (κ2) is 3.90. The predicted octanol–water partition coefficient (Wildman–Crippen LogP) is 1.16. The second-order valence-corrected chi connectivity index (χ2v) is 3.80. The topological polar surface area (TPSA) is 30.9 Å². The third kappa shape index (κ3) is 2.29. The van der Waals surface area contributed by atoms with Crippen LogP contribution in [-0.4, -0.2) is 18.0 Å². The lowest BCUT2D eigenvalue weighted by molar-refractivity contribution is -0.254. The highest BCUT2D eigenvalue weighted by molar-refractivity contribution is 5.31. The van der Waals surface area contributed by atoms with Gasteiger partial charge in [0.15, 0.2) is 0 Å². The molecule has 0 aromatic heterocycles. The van der Waals surface area contributed by atoms with Crippen LogP contribution in [0.2, 0.25) is 0 Å². The Morgan fingerprint density at radius 3 is 2.31 bits per heavy atom. The van der Waals surface area contributed by atoms with E-state index in [4.69, 9.17) is 0 Å². The number of nitrogens with zero attached hydrogens (tertiary/aromatic N) is 1. The summed E-state index contributed by atoms with van der Waals surface area (Å²) in [6, 6.07) is 8.54. The summed E-state index contributed by atoms with van der Waals surface area (Å²) in [6.45, 7) is 3.65. The second-order valence-electron chi connectivity index (χ2n) is 3.80. The third-order valence-corrected chi connectivity index (χ3v) is 2.63. The van der Waals surface area contributed by atoms with Crippen molar-refractivity contribution in [3.05, 3.63) is 29.8 Å². The summed E-state index contributed by atoms with van der Waals surface area (Å²) in [5.41, 5.74) is 6.39. The maximum absolute atomic E-state index is 3.88. The Balaban J connectivity index is 1.97. The molecule has 2 heteroatoms.